The second kappa shape index (κ2) is 5.62. The fourth-order valence-corrected chi connectivity index (χ4v) is 2.80. The first-order valence-corrected chi connectivity index (χ1v) is 6.67. The highest BCUT2D eigenvalue weighted by atomic mass is 16.1. The van der Waals surface area contributed by atoms with Crippen LogP contribution in [-0.2, 0) is 4.79 Å². The number of likely N-dealkylation sites (tertiary alicyclic amines) is 1. The lowest BCUT2D eigenvalue weighted by atomic mass is 9.96. The van der Waals surface area contributed by atoms with Crippen LogP contribution in [0.2, 0.25) is 0 Å². The zero-order valence-electron chi connectivity index (χ0n) is 10.3. The normalized spacial score (nSPS) is 32.7. The number of hydrogen-bond acceptors (Lipinski definition) is 2. The lowest BCUT2D eigenvalue weighted by Crippen LogP contribution is -2.41. The van der Waals surface area contributed by atoms with Crippen LogP contribution in [0.3, 0.4) is 0 Å². The largest absolute Gasteiger partial charge is 0.302 e. The summed E-state index contributed by atoms with van der Waals surface area (Å²) in [5.41, 5.74) is 0. The fraction of sp³-hybridized carbons (Fsp3) is 0.786. The molecular weight excluding hydrogens is 198 g/mol. The summed E-state index contributed by atoms with van der Waals surface area (Å²) in [6.07, 6.45) is 10.8. The Morgan fingerprint density at radius 1 is 1.44 bits per heavy atom. The molecule has 1 saturated heterocycles. The highest BCUT2D eigenvalue weighted by molar-refractivity contribution is 5.81. The van der Waals surface area contributed by atoms with Crippen molar-refractivity contribution in [1.29, 1.82) is 0 Å². The first kappa shape index (κ1) is 11.8. The van der Waals surface area contributed by atoms with Crippen LogP contribution in [0.15, 0.2) is 12.2 Å². The minimum Gasteiger partial charge on any atom is -0.302 e. The number of nitrogens with zero attached hydrogens (tertiary/aromatic N) is 1. The van der Waals surface area contributed by atoms with E-state index in [2.05, 4.69) is 24.0 Å². The fourth-order valence-electron chi connectivity index (χ4n) is 2.80. The molecule has 2 atom stereocenters. The quantitative estimate of drug-likeness (QED) is 0.668. The molecule has 0 N–H and O–H groups in total. The highest BCUT2D eigenvalue weighted by Crippen LogP contribution is 2.20. The van der Waals surface area contributed by atoms with Gasteiger partial charge in [0.05, 0.1) is 0 Å². The van der Waals surface area contributed by atoms with Crippen LogP contribution in [0.4, 0.5) is 0 Å². The van der Waals surface area contributed by atoms with Crippen LogP contribution >= 0.6 is 0 Å². The van der Waals surface area contributed by atoms with Gasteiger partial charge in [-0.3, -0.25) is 4.79 Å². The molecule has 1 heterocycles. The molecule has 90 valence electrons. The Bertz CT molecular complexity index is 272. The van der Waals surface area contributed by atoms with E-state index in [9.17, 15) is 4.79 Å². The van der Waals surface area contributed by atoms with Gasteiger partial charge in [0.2, 0.25) is 0 Å². The number of rotatable bonds is 2. The van der Waals surface area contributed by atoms with Gasteiger partial charge < -0.3 is 4.90 Å². The van der Waals surface area contributed by atoms with Crippen LogP contribution in [0.5, 0.6) is 0 Å². The molecular formula is C14H23NO. The standard InChI is InChI=1S/C14H23NO/c1-12-10-15(9-8-14(12)16)11-13-6-4-2-3-5-7-13/h4,6,12-13H,2-3,5,7-11H2,1H3. The summed E-state index contributed by atoms with van der Waals surface area (Å²) < 4.78 is 0. The number of piperidine rings is 1. The van der Waals surface area contributed by atoms with Gasteiger partial charge in [-0.05, 0) is 25.2 Å². The van der Waals surface area contributed by atoms with E-state index in [0.29, 0.717) is 5.78 Å². The second-order valence-corrected chi connectivity index (χ2v) is 5.35. The van der Waals surface area contributed by atoms with Crippen molar-refractivity contribution >= 4 is 5.78 Å². The lowest BCUT2D eigenvalue weighted by Gasteiger charge is -2.32. The van der Waals surface area contributed by atoms with Gasteiger partial charge in [-0.25, -0.2) is 0 Å². The van der Waals surface area contributed by atoms with E-state index in [1.165, 1.54) is 25.7 Å². The zero-order valence-corrected chi connectivity index (χ0v) is 10.3. The summed E-state index contributed by atoms with van der Waals surface area (Å²) in [5, 5.41) is 0. The van der Waals surface area contributed by atoms with Crippen molar-refractivity contribution in [1.82, 2.24) is 4.90 Å². The monoisotopic (exact) mass is 221 g/mol. The number of carbonyl (C=O) groups is 1. The first-order chi connectivity index (χ1) is 7.75. The highest BCUT2D eigenvalue weighted by Gasteiger charge is 2.24. The van der Waals surface area contributed by atoms with E-state index in [1.54, 1.807) is 0 Å². The Hall–Kier alpha value is -0.630. The number of carbonyl (C=O) groups excluding carboxylic acids is 1. The van der Waals surface area contributed by atoms with Gasteiger partial charge in [0, 0.05) is 32.0 Å². The SMILES string of the molecule is CC1CN(CC2C=CCCCC2)CCC1=O. The van der Waals surface area contributed by atoms with E-state index in [1.807, 2.05) is 0 Å². The van der Waals surface area contributed by atoms with Crippen molar-refractivity contribution in [3.05, 3.63) is 12.2 Å². The number of allylic oxidation sites excluding steroid dienone is 1. The van der Waals surface area contributed by atoms with E-state index >= 15 is 0 Å². The molecule has 1 aliphatic carbocycles. The Labute approximate surface area is 98.7 Å². The Morgan fingerprint density at radius 2 is 2.31 bits per heavy atom. The van der Waals surface area contributed by atoms with E-state index in [0.717, 1.165) is 32.0 Å². The third kappa shape index (κ3) is 3.18. The van der Waals surface area contributed by atoms with Crippen molar-refractivity contribution in [2.24, 2.45) is 11.8 Å². The molecule has 0 spiro atoms. The summed E-state index contributed by atoms with van der Waals surface area (Å²) in [6.45, 7) is 5.18. The summed E-state index contributed by atoms with van der Waals surface area (Å²) in [5.74, 6) is 1.43. The predicted octanol–water partition coefficient (Wildman–Crippen LogP) is 2.64. The molecule has 1 fully saturated rings. The zero-order chi connectivity index (χ0) is 11.4. The van der Waals surface area contributed by atoms with Crippen LogP contribution in [0.1, 0.15) is 39.0 Å². The Morgan fingerprint density at radius 3 is 3.12 bits per heavy atom. The summed E-state index contributed by atoms with van der Waals surface area (Å²) in [4.78, 5) is 13.9. The summed E-state index contributed by atoms with van der Waals surface area (Å²) in [6, 6.07) is 0. The molecule has 2 unspecified atom stereocenters. The van der Waals surface area contributed by atoms with Crippen molar-refractivity contribution in [2.75, 3.05) is 19.6 Å². The van der Waals surface area contributed by atoms with Gasteiger partial charge in [-0.15, -0.1) is 0 Å². The maximum absolute atomic E-state index is 11.4. The molecule has 0 saturated carbocycles. The topological polar surface area (TPSA) is 20.3 Å². The van der Waals surface area contributed by atoms with E-state index in [-0.39, 0.29) is 5.92 Å². The minimum absolute atomic E-state index is 0.253. The second-order valence-electron chi connectivity index (χ2n) is 5.35. The smallest absolute Gasteiger partial charge is 0.138 e. The van der Waals surface area contributed by atoms with Crippen LogP contribution in [0.25, 0.3) is 0 Å². The molecule has 16 heavy (non-hydrogen) atoms. The molecule has 0 aromatic carbocycles. The lowest BCUT2D eigenvalue weighted by molar-refractivity contribution is -0.125. The molecule has 2 heteroatoms. The van der Waals surface area contributed by atoms with E-state index in [4.69, 9.17) is 0 Å². The van der Waals surface area contributed by atoms with Crippen LogP contribution < -0.4 is 0 Å². The number of Topliss-reactive ketones (excluding diaryl/α,β-unsaturated/α-hetero) is 1. The van der Waals surface area contributed by atoms with E-state index < -0.39 is 0 Å². The molecule has 2 rings (SSSR count). The predicted molar refractivity (Wildman–Crippen MR) is 66.3 cm³/mol. The molecule has 0 radical (unpaired) electrons. The van der Waals surface area contributed by atoms with Crippen molar-refractivity contribution in [2.45, 2.75) is 39.0 Å². The minimum atomic E-state index is 0.253. The molecule has 1 aliphatic heterocycles. The molecule has 2 aliphatic rings. The van der Waals surface area contributed by atoms with Gasteiger partial charge in [-0.1, -0.05) is 25.5 Å². The average Bonchev–Trinajstić information content (AvgIpc) is 2.52. The molecule has 0 amide bonds. The van der Waals surface area contributed by atoms with Crippen LogP contribution in [0, 0.1) is 11.8 Å². The third-order valence-electron chi connectivity index (χ3n) is 3.85. The van der Waals surface area contributed by atoms with Gasteiger partial charge in [0.25, 0.3) is 0 Å². The molecule has 2 nitrogen and oxygen atoms in total. The van der Waals surface area contributed by atoms with Gasteiger partial charge >= 0.3 is 0 Å². The number of ketones is 1. The molecule has 0 aromatic rings. The van der Waals surface area contributed by atoms with Gasteiger partial charge in [0.1, 0.15) is 5.78 Å². The van der Waals surface area contributed by atoms with Gasteiger partial charge in [-0.2, -0.15) is 0 Å². The first-order valence-electron chi connectivity index (χ1n) is 6.67. The Balaban J connectivity index is 1.82. The van der Waals surface area contributed by atoms with Gasteiger partial charge in [0.15, 0.2) is 0 Å². The number of hydrogen-bond donors (Lipinski definition) is 0. The summed E-state index contributed by atoms with van der Waals surface area (Å²) in [7, 11) is 0. The van der Waals surface area contributed by atoms with Crippen LogP contribution in [-0.4, -0.2) is 30.3 Å². The van der Waals surface area contributed by atoms with Crippen molar-refractivity contribution in [3.63, 3.8) is 0 Å². The average molecular weight is 221 g/mol. The summed E-state index contributed by atoms with van der Waals surface area (Å²) >= 11 is 0. The molecule has 0 aromatic heterocycles. The molecule has 0 bridgehead atoms. The van der Waals surface area contributed by atoms with Crippen molar-refractivity contribution in [3.8, 4) is 0 Å². The Kier molecular flexibility index (Phi) is 4.16. The maximum atomic E-state index is 11.4. The van der Waals surface area contributed by atoms with Crippen molar-refractivity contribution < 1.29 is 4.79 Å². The maximum Gasteiger partial charge on any atom is 0.138 e. The third-order valence-corrected chi connectivity index (χ3v) is 3.85.